The van der Waals surface area contributed by atoms with E-state index in [1.807, 2.05) is 10.6 Å². The molecule has 0 N–H and O–H groups in total. The monoisotopic (exact) mass is 444 g/mol. The van der Waals surface area contributed by atoms with Crippen molar-refractivity contribution in [3.63, 3.8) is 0 Å². The van der Waals surface area contributed by atoms with E-state index in [0.717, 1.165) is 57.9 Å². The van der Waals surface area contributed by atoms with Crippen LogP contribution in [-0.2, 0) is 27.7 Å². The summed E-state index contributed by atoms with van der Waals surface area (Å²) in [4.78, 5) is 9.08. The first kappa shape index (κ1) is 22.2. The molecule has 1 aromatic heterocycles. The highest BCUT2D eigenvalue weighted by atomic mass is 32.2. The van der Waals surface area contributed by atoms with Crippen LogP contribution < -0.4 is 0 Å². The van der Waals surface area contributed by atoms with E-state index in [1.165, 1.54) is 11.8 Å². The molecule has 0 bridgehead atoms. The number of hydrogen-bond acceptors (Lipinski definition) is 6. The molecule has 1 aromatic carbocycles. The van der Waals surface area contributed by atoms with Crippen molar-refractivity contribution in [1.82, 2.24) is 19.4 Å². The molecule has 31 heavy (non-hydrogen) atoms. The van der Waals surface area contributed by atoms with E-state index in [9.17, 15) is 8.42 Å². The molecule has 1 unspecified atom stereocenters. The van der Waals surface area contributed by atoms with Crippen molar-refractivity contribution in [2.75, 3.05) is 45.6 Å². The normalized spacial score (nSPS) is 21.3. The number of benzene rings is 1. The Kier molecular flexibility index (Phi) is 7.22. The van der Waals surface area contributed by atoms with Crippen LogP contribution >= 0.6 is 0 Å². The van der Waals surface area contributed by atoms with E-state index in [2.05, 4.69) is 51.2 Å². The zero-order chi connectivity index (χ0) is 21.7. The summed E-state index contributed by atoms with van der Waals surface area (Å²) < 4.78 is 32.1. The molecule has 168 valence electrons. The first-order valence-electron chi connectivity index (χ1n) is 11.0. The highest BCUT2D eigenvalue weighted by Gasteiger charge is 2.25. The molecule has 2 fully saturated rings. The third kappa shape index (κ3) is 6.04. The summed E-state index contributed by atoms with van der Waals surface area (Å²) in [6.45, 7) is 6.87. The second-order valence-electron chi connectivity index (χ2n) is 8.44. The fraction of sp³-hybridized carbons (Fsp3) is 0.522. The van der Waals surface area contributed by atoms with Crippen molar-refractivity contribution in [3.8, 4) is 0 Å². The van der Waals surface area contributed by atoms with Crippen molar-refractivity contribution in [2.24, 2.45) is 0 Å². The first-order valence-corrected chi connectivity index (χ1v) is 12.9. The Morgan fingerprint density at radius 1 is 1.13 bits per heavy atom. The van der Waals surface area contributed by atoms with Gasteiger partial charge in [-0.1, -0.05) is 42.5 Å². The Hall–Kier alpha value is -2.00. The molecule has 2 aromatic rings. The van der Waals surface area contributed by atoms with Crippen LogP contribution in [0.1, 0.15) is 24.1 Å². The average Bonchev–Trinajstić information content (AvgIpc) is 3.41. The first-order chi connectivity index (χ1) is 15.0. The third-order valence-corrected chi connectivity index (χ3v) is 6.96. The minimum atomic E-state index is -3.38. The molecular formula is C23H32N4O3S. The molecule has 0 aliphatic carbocycles. The number of ether oxygens (including phenoxy) is 1. The molecule has 2 aliphatic heterocycles. The topological polar surface area (TPSA) is 67.7 Å². The van der Waals surface area contributed by atoms with Crippen molar-refractivity contribution in [3.05, 3.63) is 53.9 Å². The van der Waals surface area contributed by atoms with Gasteiger partial charge in [0.15, 0.2) is 0 Å². The summed E-state index contributed by atoms with van der Waals surface area (Å²) in [7, 11) is -3.38. The molecule has 0 spiro atoms. The number of imidazole rings is 1. The standard InChI is InChI=1S/C23H32N4O3S/c1-31(28,29)23-24-17-21(27(23)19-22-10-6-16-30-22)18-26-14-12-25(13-15-26)11-5-9-20-7-3-2-4-8-20/h2-5,7-9,17,22H,6,10-16,18-19H2,1H3. The van der Waals surface area contributed by atoms with Gasteiger partial charge in [-0.3, -0.25) is 9.80 Å². The van der Waals surface area contributed by atoms with Crippen molar-refractivity contribution in [1.29, 1.82) is 0 Å². The largest absolute Gasteiger partial charge is 0.376 e. The minimum absolute atomic E-state index is 0.0710. The molecule has 2 saturated heterocycles. The van der Waals surface area contributed by atoms with E-state index in [0.29, 0.717) is 13.1 Å². The number of sulfone groups is 1. The van der Waals surface area contributed by atoms with Crippen molar-refractivity contribution < 1.29 is 13.2 Å². The maximum absolute atomic E-state index is 12.2. The van der Waals surface area contributed by atoms with Crippen LogP contribution in [0.25, 0.3) is 6.08 Å². The van der Waals surface area contributed by atoms with Crippen LogP contribution in [0.15, 0.2) is 47.8 Å². The molecule has 0 radical (unpaired) electrons. The summed E-state index contributed by atoms with van der Waals surface area (Å²) in [6, 6.07) is 10.4. The lowest BCUT2D eigenvalue weighted by molar-refractivity contribution is 0.0918. The maximum atomic E-state index is 12.2. The van der Waals surface area contributed by atoms with Gasteiger partial charge in [-0.25, -0.2) is 13.4 Å². The molecule has 7 nitrogen and oxygen atoms in total. The van der Waals surface area contributed by atoms with Crippen LogP contribution in [0, 0.1) is 0 Å². The van der Waals surface area contributed by atoms with Crippen LogP contribution in [-0.4, -0.2) is 79.5 Å². The van der Waals surface area contributed by atoms with Gasteiger partial charge in [0.05, 0.1) is 24.5 Å². The number of nitrogens with zero attached hydrogens (tertiary/aromatic N) is 4. The summed E-state index contributed by atoms with van der Waals surface area (Å²) >= 11 is 0. The molecule has 0 amide bonds. The van der Waals surface area contributed by atoms with Crippen LogP contribution in [0.4, 0.5) is 0 Å². The smallest absolute Gasteiger partial charge is 0.227 e. The second-order valence-corrected chi connectivity index (χ2v) is 10.3. The van der Waals surface area contributed by atoms with E-state index in [-0.39, 0.29) is 11.3 Å². The lowest BCUT2D eigenvalue weighted by atomic mass is 10.2. The highest BCUT2D eigenvalue weighted by Crippen LogP contribution is 2.20. The van der Waals surface area contributed by atoms with Gasteiger partial charge in [0.25, 0.3) is 0 Å². The summed E-state index contributed by atoms with van der Waals surface area (Å²) in [5.41, 5.74) is 2.18. The van der Waals surface area contributed by atoms with Gasteiger partial charge in [0.1, 0.15) is 0 Å². The maximum Gasteiger partial charge on any atom is 0.227 e. The molecular weight excluding hydrogens is 412 g/mol. The van der Waals surface area contributed by atoms with Gasteiger partial charge in [-0.2, -0.15) is 0 Å². The summed E-state index contributed by atoms with van der Waals surface area (Å²) in [6.07, 6.45) is 9.41. The molecule has 2 aliphatic rings. The predicted octanol–water partition coefficient (Wildman–Crippen LogP) is 2.30. The van der Waals surface area contributed by atoms with Crippen LogP contribution in [0.2, 0.25) is 0 Å². The Labute approximate surface area is 185 Å². The predicted molar refractivity (Wildman–Crippen MR) is 122 cm³/mol. The van der Waals surface area contributed by atoms with Gasteiger partial charge >= 0.3 is 0 Å². The van der Waals surface area contributed by atoms with E-state index < -0.39 is 9.84 Å². The quantitative estimate of drug-likeness (QED) is 0.622. The van der Waals surface area contributed by atoms with Gasteiger partial charge in [-0.05, 0) is 18.4 Å². The zero-order valence-electron chi connectivity index (χ0n) is 18.2. The molecule has 0 saturated carbocycles. The molecule has 1 atom stereocenters. The fourth-order valence-corrected chi connectivity index (χ4v) is 5.10. The number of rotatable bonds is 8. The lowest BCUT2D eigenvalue weighted by Crippen LogP contribution is -2.46. The number of hydrogen-bond donors (Lipinski definition) is 0. The summed E-state index contributed by atoms with van der Waals surface area (Å²) in [5.74, 6) is 0. The molecule has 4 rings (SSSR count). The van der Waals surface area contributed by atoms with Gasteiger partial charge < -0.3 is 9.30 Å². The minimum Gasteiger partial charge on any atom is -0.376 e. The van der Waals surface area contributed by atoms with Crippen molar-refractivity contribution in [2.45, 2.75) is 37.2 Å². The second kappa shape index (κ2) is 10.1. The number of piperazine rings is 1. The van der Waals surface area contributed by atoms with E-state index in [1.54, 1.807) is 6.20 Å². The van der Waals surface area contributed by atoms with Gasteiger partial charge in [0.2, 0.25) is 15.0 Å². The third-order valence-electron chi connectivity index (χ3n) is 5.97. The highest BCUT2D eigenvalue weighted by molar-refractivity contribution is 7.90. The average molecular weight is 445 g/mol. The van der Waals surface area contributed by atoms with Gasteiger partial charge in [-0.15, -0.1) is 0 Å². The van der Waals surface area contributed by atoms with Gasteiger partial charge in [0, 0.05) is 52.1 Å². The zero-order valence-corrected chi connectivity index (χ0v) is 19.0. The SMILES string of the molecule is CS(=O)(=O)c1ncc(CN2CCN(CC=Cc3ccccc3)CC2)n1CC1CCCO1. The lowest BCUT2D eigenvalue weighted by Gasteiger charge is -2.34. The molecule has 8 heteroatoms. The van der Waals surface area contributed by atoms with Crippen LogP contribution in [0.5, 0.6) is 0 Å². The van der Waals surface area contributed by atoms with E-state index in [4.69, 9.17) is 4.74 Å². The Balaban J connectivity index is 1.33. The van der Waals surface area contributed by atoms with Crippen molar-refractivity contribution >= 4 is 15.9 Å². The fourth-order valence-electron chi connectivity index (χ4n) is 4.26. The Bertz CT molecular complexity index is 974. The van der Waals surface area contributed by atoms with E-state index >= 15 is 0 Å². The Morgan fingerprint density at radius 2 is 1.87 bits per heavy atom. The van der Waals surface area contributed by atoms with Crippen LogP contribution in [0.3, 0.4) is 0 Å². The number of aromatic nitrogens is 2. The summed E-state index contributed by atoms with van der Waals surface area (Å²) in [5, 5.41) is 0.155. The molecule has 3 heterocycles. The Morgan fingerprint density at radius 3 is 2.55 bits per heavy atom.